The fourth-order valence-electron chi connectivity index (χ4n) is 1.30. The van der Waals surface area contributed by atoms with Crippen molar-refractivity contribution >= 4 is 29.3 Å². The van der Waals surface area contributed by atoms with E-state index < -0.39 is 11.4 Å². The van der Waals surface area contributed by atoms with Gasteiger partial charge in [0, 0.05) is 23.6 Å². The van der Waals surface area contributed by atoms with E-state index in [1.165, 1.54) is 6.07 Å². The zero-order chi connectivity index (χ0) is 14.5. The molecule has 0 unspecified atom stereocenters. The number of amides is 1. The second-order valence-electron chi connectivity index (χ2n) is 3.57. The van der Waals surface area contributed by atoms with Gasteiger partial charge in [-0.05, 0) is 30.3 Å². The molecule has 1 aromatic heterocycles. The molecule has 1 rings (SSSR count). The standard InChI is InChI=1S/C11H12ClF3N2OS/c1-2-8-5-7(6-9(12)17-8)10(18)16-3-4-19-11(13,14)15/h5-6H,2-4H2,1H3,(H,16,18). The summed E-state index contributed by atoms with van der Waals surface area (Å²) in [4.78, 5) is 15.7. The summed E-state index contributed by atoms with van der Waals surface area (Å²) in [5, 5.41) is 2.59. The molecule has 0 fully saturated rings. The van der Waals surface area contributed by atoms with Gasteiger partial charge in [-0.3, -0.25) is 4.79 Å². The normalized spacial score (nSPS) is 11.4. The molecule has 19 heavy (non-hydrogen) atoms. The minimum Gasteiger partial charge on any atom is -0.351 e. The third-order valence-corrected chi connectivity index (χ3v) is 3.05. The fourth-order valence-corrected chi connectivity index (χ4v) is 1.96. The fraction of sp³-hybridized carbons (Fsp3) is 0.455. The molecule has 8 heteroatoms. The molecule has 1 N–H and O–H groups in total. The van der Waals surface area contributed by atoms with Gasteiger partial charge in [0.05, 0.1) is 0 Å². The Labute approximate surface area is 117 Å². The highest BCUT2D eigenvalue weighted by Crippen LogP contribution is 2.29. The van der Waals surface area contributed by atoms with Crippen molar-refractivity contribution in [2.24, 2.45) is 0 Å². The quantitative estimate of drug-likeness (QED) is 0.670. The number of hydrogen-bond acceptors (Lipinski definition) is 3. The van der Waals surface area contributed by atoms with Crippen LogP contribution in [-0.4, -0.2) is 28.7 Å². The highest BCUT2D eigenvalue weighted by Gasteiger charge is 2.27. The van der Waals surface area contributed by atoms with Crippen molar-refractivity contribution in [3.05, 3.63) is 28.5 Å². The van der Waals surface area contributed by atoms with E-state index in [1.807, 2.05) is 6.92 Å². The maximum Gasteiger partial charge on any atom is 0.441 e. The zero-order valence-corrected chi connectivity index (χ0v) is 11.6. The minimum absolute atomic E-state index is 0.0651. The molecule has 1 aromatic rings. The van der Waals surface area contributed by atoms with Crippen LogP contribution in [0.25, 0.3) is 0 Å². The molecule has 0 aliphatic heterocycles. The van der Waals surface area contributed by atoms with E-state index in [1.54, 1.807) is 6.07 Å². The first-order valence-electron chi connectivity index (χ1n) is 5.47. The largest absolute Gasteiger partial charge is 0.441 e. The molecular formula is C11H12ClF3N2OS. The monoisotopic (exact) mass is 312 g/mol. The van der Waals surface area contributed by atoms with Gasteiger partial charge in [-0.15, -0.1) is 0 Å². The molecule has 1 heterocycles. The summed E-state index contributed by atoms with van der Waals surface area (Å²) < 4.78 is 35.6. The van der Waals surface area contributed by atoms with E-state index in [0.29, 0.717) is 17.7 Å². The molecule has 1 amide bonds. The lowest BCUT2D eigenvalue weighted by Crippen LogP contribution is -2.26. The highest BCUT2D eigenvalue weighted by atomic mass is 35.5. The van der Waals surface area contributed by atoms with Gasteiger partial charge in [-0.1, -0.05) is 18.5 Å². The van der Waals surface area contributed by atoms with Crippen molar-refractivity contribution in [2.45, 2.75) is 18.9 Å². The Hall–Kier alpha value is -0.950. The maximum absolute atomic E-state index is 11.9. The first-order chi connectivity index (χ1) is 8.81. The Balaban J connectivity index is 2.52. The van der Waals surface area contributed by atoms with Gasteiger partial charge in [-0.25, -0.2) is 4.98 Å². The SMILES string of the molecule is CCc1cc(C(=O)NCCSC(F)(F)F)cc(Cl)n1. The first-order valence-corrected chi connectivity index (χ1v) is 6.83. The third kappa shape index (κ3) is 6.15. The van der Waals surface area contributed by atoms with E-state index in [2.05, 4.69) is 10.3 Å². The second kappa shape index (κ2) is 7.00. The van der Waals surface area contributed by atoms with Gasteiger partial charge in [0.25, 0.3) is 5.91 Å². The van der Waals surface area contributed by atoms with E-state index in [-0.39, 0.29) is 29.2 Å². The van der Waals surface area contributed by atoms with Crippen molar-refractivity contribution in [1.29, 1.82) is 0 Å². The van der Waals surface area contributed by atoms with Crippen molar-refractivity contribution in [2.75, 3.05) is 12.3 Å². The van der Waals surface area contributed by atoms with Gasteiger partial charge >= 0.3 is 5.51 Å². The van der Waals surface area contributed by atoms with Crippen molar-refractivity contribution in [3.8, 4) is 0 Å². The van der Waals surface area contributed by atoms with Gasteiger partial charge < -0.3 is 5.32 Å². The van der Waals surface area contributed by atoms with Crippen LogP contribution in [0.2, 0.25) is 5.15 Å². The summed E-state index contributed by atoms with van der Waals surface area (Å²) >= 11 is 5.58. The summed E-state index contributed by atoms with van der Waals surface area (Å²) in [7, 11) is 0. The Bertz CT molecular complexity index is 454. The Morgan fingerprint density at radius 3 is 2.74 bits per heavy atom. The second-order valence-corrected chi connectivity index (χ2v) is 5.12. The smallest absolute Gasteiger partial charge is 0.351 e. The predicted molar refractivity (Wildman–Crippen MR) is 69.5 cm³/mol. The zero-order valence-electron chi connectivity index (χ0n) is 10.1. The van der Waals surface area contributed by atoms with Crippen LogP contribution >= 0.6 is 23.4 Å². The molecule has 0 atom stereocenters. The van der Waals surface area contributed by atoms with Gasteiger partial charge in [0.15, 0.2) is 0 Å². The van der Waals surface area contributed by atoms with Crippen LogP contribution in [0.15, 0.2) is 12.1 Å². The van der Waals surface area contributed by atoms with E-state index in [4.69, 9.17) is 11.6 Å². The number of carbonyl (C=O) groups excluding carboxylic acids is 1. The molecule has 106 valence electrons. The number of nitrogens with one attached hydrogen (secondary N) is 1. The van der Waals surface area contributed by atoms with Crippen LogP contribution < -0.4 is 5.32 Å². The van der Waals surface area contributed by atoms with Crippen molar-refractivity contribution in [1.82, 2.24) is 10.3 Å². The number of hydrogen-bond donors (Lipinski definition) is 1. The number of alkyl halides is 3. The average molecular weight is 313 g/mol. The van der Waals surface area contributed by atoms with E-state index >= 15 is 0 Å². The van der Waals surface area contributed by atoms with Crippen molar-refractivity contribution in [3.63, 3.8) is 0 Å². The lowest BCUT2D eigenvalue weighted by molar-refractivity contribution is -0.0327. The number of thioether (sulfide) groups is 1. The van der Waals surface area contributed by atoms with Crippen LogP contribution in [0.5, 0.6) is 0 Å². The molecular weight excluding hydrogens is 301 g/mol. The summed E-state index contributed by atoms with van der Waals surface area (Å²) in [6, 6.07) is 2.95. The van der Waals surface area contributed by atoms with E-state index in [0.717, 1.165) is 0 Å². The summed E-state index contributed by atoms with van der Waals surface area (Å²) in [5.74, 6) is -0.684. The molecule has 0 aliphatic rings. The highest BCUT2D eigenvalue weighted by molar-refractivity contribution is 8.00. The number of aromatic nitrogens is 1. The Kier molecular flexibility index (Phi) is 5.93. The van der Waals surface area contributed by atoms with Crippen LogP contribution in [0.3, 0.4) is 0 Å². The molecule has 0 bridgehead atoms. The molecule has 0 aliphatic carbocycles. The molecule has 0 spiro atoms. The number of pyridine rings is 1. The van der Waals surface area contributed by atoms with Gasteiger partial charge in [0.2, 0.25) is 0 Å². The number of nitrogens with zero attached hydrogens (tertiary/aromatic N) is 1. The summed E-state index contributed by atoms with van der Waals surface area (Å²) in [6.45, 7) is 1.80. The van der Waals surface area contributed by atoms with Crippen molar-refractivity contribution < 1.29 is 18.0 Å². The topological polar surface area (TPSA) is 42.0 Å². The summed E-state index contributed by atoms with van der Waals surface area (Å²) in [6.07, 6.45) is 0.616. The Morgan fingerprint density at radius 2 is 2.16 bits per heavy atom. The van der Waals surface area contributed by atoms with Crippen LogP contribution in [-0.2, 0) is 6.42 Å². The van der Waals surface area contributed by atoms with Gasteiger partial charge in [0.1, 0.15) is 5.15 Å². The lowest BCUT2D eigenvalue weighted by Gasteiger charge is -2.08. The molecule has 3 nitrogen and oxygen atoms in total. The number of aryl methyl sites for hydroxylation is 1. The summed E-state index contributed by atoms with van der Waals surface area (Å²) in [5.41, 5.74) is -3.32. The molecule has 0 saturated heterocycles. The maximum atomic E-state index is 11.9. The van der Waals surface area contributed by atoms with Gasteiger partial charge in [-0.2, -0.15) is 13.2 Å². The van der Waals surface area contributed by atoms with Crippen LogP contribution in [0.1, 0.15) is 23.0 Å². The number of rotatable bonds is 5. The first kappa shape index (κ1) is 16.1. The predicted octanol–water partition coefficient (Wildman–Crippen LogP) is 3.28. The number of halogens is 4. The van der Waals surface area contributed by atoms with Crippen LogP contribution in [0.4, 0.5) is 13.2 Å². The lowest BCUT2D eigenvalue weighted by atomic mass is 10.2. The molecule has 0 radical (unpaired) electrons. The van der Waals surface area contributed by atoms with E-state index in [9.17, 15) is 18.0 Å². The van der Waals surface area contributed by atoms with Crippen LogP contribution in [0, 0.1) is 0 Å². The Morgan fingerprint density at radius 1 is 1.47 bits per heavy atom. The number of carbonyl (C=O) groups is 1. The minimum atomic E-state index is -4.28. The molecule has 0 saturated carbocycles. The average Bonchev–Trinajstić information content (AvgIpc) is 2.32. The molecule has 0 aromatic carbocycles. The third-order valence-electron chi connectivity index (χ3n) is 2.12.